The quantitative estimate of drug-likeness (QED) is 0.185. The standard InChI is InChI=1S/C45H27N3OS/c1-2-10-29(11-3-1)37-27-38(48-45(47-37)31-13-8-12-30(26-31)28-22-24-46-25-23-28)34-21-20-33(43-35-14-4-6-17-39(35)49-44(34)43)32-16-9-19-41-42(32)36-15-5-7-18-40(36)50-41/h1-27H. The molecule has 4 heterocycles. The Hall–Kier alpha value is -6.43. The van der Waals surface area contributed by atoms with Crippen molar-refractivity contribution < 1.29 is 4.42 Å². The summed E-state index contributed by atoms with van der Waals surface area (Å²) in [4.78, 5) is 14.6. The highest BCUT2D eigenvalue weighted by molar-refractivity contribution is 7.25. The van der Waals surface area contributed by atoms with Crippen molar-refractivity contribution in [2.75, 3.05) is 0 Å². The maximum atomic E-state index is 6.79. The highest BCUT2D eigenvalue weighted by Crippen LogP contribution is 2.46. The number of fused-ring (bicyclic) bond motifs is 6. The summed E-state index contributed by atoms with van der Waals surface area (Å²) in [5.74, 6) is 0.653. The van der Waals surface area contributed by atoms with Crippen molar-refractivity contribution in [2.24, 2.45) is 0 Å². The minimum atomic E-state index is 0.653. The van der Waals surface area contributed by atoms with E-state index in [1.165, 1.54) is 25.7 Å². The first kappa shape index (κ1) is 28.6. The van der Waals surface area contributed by atoms with Crippen LogP contribution in [0.5, 0.6) is 0 Å². The predicted octanol–water partition coefficient (Wildman–Crippen LogP) is 12.5. The smallest absolute Gasteiger partial charge is 0.160 e. The van der Waals surface area contributed by atoms with Crippen LogP contribution in [-0.2, 0) is 0 Å². The molecule has 50 heavy (non-hydrogen) atoms. The number of benzene rings is 6. The third kappa shape index (κ3) is 4.71. The van der Waals surface area contributed by atoms with E-state index in [1.54, 1.807) is 0 Å². The average Bonchev–Trinajstić information content (AvgIpc) is 3.77. The van der Waals surface area contributed by atoms with Crippen LogP contribution in [0.25, 0.3) is 98.3 Å². The highest BCUT2D eigenvalue weighted by Gasteiger charge is 2.21. The summed E-state index contributed by atoms with van der Waals surface area (Å²) in [6, 6.07) is 52.8. The zero-order valence-electron chi connectivity index (χ0n) is 26.7. The molecule has 0 N–H and O–H groups in total. The third-order valence-electron chi connectivity index (χ3n) is 9.42. The summed E-state index contributed by atoms with van der Waals surface area (Å²) in [6.45, 7) is 0. The van der Waals surface area contributed by atoms with Gasteiger partial charge in [-0.3, -0.25) is 4.98 Å². The fourth-order valence-corrected chi connectivity index (χ4v) is 8.24. The number of pyridine rings is 1. The van der Waals surface area contributed by atoms with Gasteiger partial charge in [-0.25, -0.2) is 9.97 Å². The van der Waals surface area contributed by atoms with Crippen molar-refractivity contribution in [3.05, 3.63) is 164 Å². The van der Waals surface area contributed by atoms with Gasteiger partial charge >= 0.3 is 0 Å². The molecule has 0 saturated carbocycles. The second-order valence-corrected chi connectivity index (χ2v) is 13.5. The van der Waals surface area contributed by atoms with E-state index in [4.69, 9.17) is 14.4 Å². The van der Waals surface area contributed by atoms with Crippen molar-refractivity contribution in [2.45, 2.75) is 0 Å². The lowest BCUT2D eigenvalue weighted by Gasteiger charge is -2.12. The zero-order valence-corrected chi connectivity index (χ0v) is 27.6. The molecular weight excluding hydrogens is 631 g/mol. The number of hydrogen-bond acceptors (Lipinski definition) is 5. The maximum absolute atomic E-state index is 6.79. The van der Waals surface area contributed by atoms with Crippen molar-refractivity contribution in [1.29, 1.82) is 0 Å². The Kier molecular flexibility index (Phi) is 6.64. The second kappa shape index (κ2) is 11.6. The molecule has 0 radical (unpaired) electrons. The molecular formula is C45H27N3OS. The minimum absolute atomic E-state index is 0.653. The lowest BCUT2D eigenvalue weighted by Crippen LogP contribution is -1.96. The van der Waals surface area contributed by atoms with Gasteiger partial charge in [0.2, 0.25) is 0 Å². The first-order valence-electron chi connectivity index (χ1n) is 16.6. The lowest BCUT2D eigenvalue weighted by atomic mass is 9.93. The van der Waals surface area contributed by atoms with Gasteiger partial charge in [0.1, 0.15) is 11.2 Å². The van der Waals surface area contributed by atoms with Crippen LogP contribution in [0, 0.1) is 0 Å². The summed E-state index contributed by atoms with van der Waals surface area (Å²) >= 11 is 1.84. The number of para-hydroxylation sites is 1. The number of rotatable bonds is 5. The summed E-state index contributed by atoms with van der Waals surface area (Å²) in [7, 11) is 0. The van der Waals surface area contributed by atoms with E-state index in [1.807, 2.05) is 60.1 Å². The van der Waals surface area contributed by atoms with Crippen LogP contribution in [0.4, 0.5) is 0 Å². The van der Waals surface area contributed by atoms with Crippen molar-refractivity contribution in [1.82, 2.24) is 15.0 Å². The van der Waals surface area contributed by atoms with E-state index in [0.29, 0.717) is 5.82 Å². The van der Waals surface area contributed by atoms with Gasteiger partial charge < -0.3 is 4.42 Å². The molecule has 4 aromatic heterocycles. The van der Waals surface area contributed by atoms with Crippen LogP contribution in [0.15, 0.2) is 168 Å². The molecule has 0 fully saturated rings. The average molecular weight is 658 g/mol. The molecule has 6 aromatic carbocycles. The molecule has 0 bridgehead atoms. The molecule has 234 valence electrons. The fourth-order valence-electron chi connectivity index (χ4n) is 7.11. The van der Waals surface area contributed by atoms with Gasteiger partial charge in [0.25, 0.3) is 0 Å². The van der Waals surface area contributed by atoms with Gasteiger partial charge in [0, 0.05) is 60.0 Å². The van der Waals surface area contributed by atoms with E-state index in [0.717, 1.165) is 66.7 Å². The lowest BCUT2D eigenvalue weighted by molar-refractivity contribution is 0.670. The van der Waals surface area contributed by atoms with Crippen molar-refractivity contribution in [3.63, 3.8) is 0 Å². The Labute approximate surface area is 292 Å². The molecule has 0 aliphatic rings. The van der Waals surface area contributed by atoms with Gasteiger partial charge in [-0.15, -0.1) is 11.3 Å². The molecule has 0 aliphatic carbocycles. The molecule has 10 aromatic rings. The molecule has 10 rings (SSSR count). The van der Waals surface area contributed by atoms with E-state index in [-0.39, 0.29) is 0 Å². The van der Waals surface area contributed by atoms with E-state index < -0.39 is 0 Å². The van der Waals surface area contributed by atoms with E-state index in [9.17, 15) is 0 Å². The monoisotopic (exact) mass is 657 g/mol. The predicted molar refractivity (Wildman–Crippen MR) is 207 cm³/mol. The fraction of sp³-hybridized carbons (Fsp3) is 0. The van der Waals surface area contributed by atoms with Crippen LogP contribution in [-0.4, -0.2) is 15.0 Å². The highest BCUT2D eigenvalue weighted by atomic mass is 32.1. The number of hydrogen-bond donors (Lipinski definition) is 0. The molecule has 4 nitrogen and oxygen atoms in total. The van der Waals surface area contributed by atoms with Gasteiger partial charge in [0.15, 0.2) is 5.82 Å². The van der Waals surface area contributed by atoms with Crippen molar-refractivity contribution in [3.8, 4) is 56.2 Å². The molecule has 0 unspecified atom stereocenters. The molecule has 0 aliphatic heterocycles. The Morgan fingerprint density at radius 3 is 2.02 bits per heavy atom. The summed E-state index contributed by atoms with van der Waals surface area (Å²) in [5.41, 5.74) is 10.7. The Morgan fingerprint density at radius 2 is 1.12 bits per heavy atom. The number of aromatic nitrogens is 3. The van der Waals surface area contributed by atoms with Gasteiger partial charge in [-0.1, -0.05) is 103 Å². The van der Waals surface area contributed by atoms with Gasteiger partial charge in [0.05, 0.1) is 11.4 Å². The number of thiophene rings is 1. The second-order valence-electron chi connectivity index (χ2n) is 12.4. The van der Waals surface area contributed by atoms with Crippen LogP contribution >= 0.6 is 11.3 Å². The molecule has 5 heteroatoms. The van der Waals surface area contributed by atoms with Gasteiger partial charge in [-0.2, -0.15) is 0 Å². The van der Waals surface area contributed by atoms with Crippen LogP contribution in [0.1, 0.15) is 0 Å². The Balaban J connectivity index is 1.23. The number of nitrogens with zero attached hydrogens (tertiary/aromatic N) is 3. The summed E-state index contributed by atoms with van der Waals surface area (Å²) in [5, 5.41) is 4.72. The normalized spacial score (nSPS) is 11.6. The van der Waals surface area contributed by atoms with Crippen molar-refractivity contribution >= 4 is 53.4 Å². The van der Waals surface area contributed by atoms with Crippen LogP contribution in [0.2, 0.25) is 0 Å². The minimum Gasteiger partial charge on any atom is -0.455 e. The third-order valence-corrected chi connectivity index (χ3v) is 10.6. The SMILES string of the molecule is c1ccc(-c2cc(-c3ccc(-c4cccc5sc6ccccc6c45)c4c3oc3ccccc34)nc(-c3cccc(-c4ccncc4)c3)n2)cc1. The largest absolute Gasteiger partial charge is 0.455 e. The van der Waals surface area contributed by atoms with Crippen LogP contribution < -0.4 is 0 Å². The summed E-state index contributed by atoms with van der Waals surface area (Å²) in [6.07, 6.45) is 3.63. The molecule has 0 spiro atoms. The molecule has 0 saturated heterocycles. The first-order chi connectivity index (χ1) is 24.8. The zero-order chi connectivity index (χ0) is 33.0. The van der Waals surface area contributed by atoms with Gasteiger partial charge in [-0.05, 0) is 70.8 Å². The van der Waals surface area contributed by atoms with E-state index >= 15 is 0 Å². The molecule has 0 atom stereocenters. The molecule has 0 amide bonds. The first-order valence-corrected chi connectivity index (χ1v) is 17.4. The van der Waals surface area contributed by atoms with E-state index in [2.05, 4.69) is 120 Å². The Morgan fingerprint density at radius 1 is 0.440 bits per heavy atom. The topological polar surface area (TPSA) is 51.8 Å². The van der Waals surface area contributed by atoms with Crippen LogP contribution in [0.3, 0.4) is 0 Å². The number of furan rings is 1. The summed E-state index contributed by atoms with van der Waals surface area (Å²) < 4.78 is 9.35. The maximum Gasteiger partial charge on any atom is 0.160 e. The Bertz CT molecular complexity index is 2870.